The fourth-order valence-electron chi connectivity index (χ4n) is 2.34. The molecule has 12 heavy (non-hydrogen) atoms. The average molecular weight is 172 g/mol. The van der Waals surface area contributed by atoms with Crippen molar-refractivity contribution in [3.63, 3.8) is 0 Å². The van der Waals surface area contributed by atoms with E-state index < -0.39 is 0 Å². The zero-order valence-corrected chi connectivity index (χ0v) is 8.34. The minimum absolute atomic E-state index is 0.0655. The van der Waals surface area contributed by atoms with Crippen LogP contribution in [-0.4, -0.2) is 23.9 Å². The quantitative estimate of drug-likeness (QED) is 0.702. The number of ether oxygens (including phenoxy) is 1. The Morgan fingerprint density at radius 3 is 2.25 bits per heavy atom. The number of hydrogen-bond donors (Lipinski definition) is 1. The molecule has 1 fully saturated rings. The molecular formula is C10H20O2. The van der Waals surface area contributed by atoms with E-state index in [4.69, 9.17) is 4.74 Å². The summed E-state index contributed by atoms with van der Waals surface area (Å²) in [6.07, 6.45) is 3.04. The van der Waals surface area contributed by atoms with Crippen LogP contribution >= 0.6 is 0 Å². The third-order valence-corrected chi connectivity index (χ3v) is 3.43. The second kappa shape index (κ2) is 3.75. The number of rotatable bonds is 4. The first kappa shape index (κ1) is 10.0. The van der Waals surface area contributed by atoms with Crippen LogP contribution in [0.15, 0.2) is 0 Å². The Morgan fingerprint density at radius 1 is 1.33 bits per heavy atom. The molecule has 1 aliphatic carbocycles. The third kappa shape index (κ3) is 1.27. The second-order valence-corrected chi connectivity index (χ2v) is 3.64. The second-order valence-electron chi connectivity index (χ2n) is 3.64. The maximum atomic E-state index is 9.68. The zero-order chi connectivity index (χ0) is 9.19. The van der Waals surface area contributed by atoms with Crippen molar-refractivity contribution in [2.45, 2.75) is 52.2 Å². The molecule has 0 heterocycles. The van der Waals surface area contributed by atoms with Gasteiger partial charge >= 0.3 is 0 Å². The summed E-state index contributed by atoms with van der Waals surface area (Å²) in [5.41, 5.74) is 0.0655. The van der Waals surface area contributed by atoms with Crippen LogP contribution in [0.2, 0.25) is 0 Å². The summed E-state index contributed by atoms with van der Waals surface area (Å²) in [4.78, 5) is 0. The summed E-state index contributed by atoms with van der Waals surface area (Å²) in [5, 5.41) is 9.68. The van der Waals surface area contributed by atoms with E-state index in [1.165, 1.54) is 0 Å². The molecule has 2 nitrogen and oxygen atoms in total. The third-order valence-electron chi connectivity index (χ3n) is 3.43. The molecule has 0 aromatic carbocycles. The Kier molecular flexibility index (Phi) is 3.13. The lowest BCUT2D eigenvalue weighted by Crippen LogP contribution is -2.57. The highest BCUT2D eigenvalue weighted by Gasteiger charge is 2.52. The van der Waals surface area contributed by atoms with Crippen molar-refractivity contribution < 1.29 is 9.84 Å². The molecule has 0 bridgehead atoms. The van der Waals surface area contributed by atoms with E-state index in [-0.39, 0.29) is 11.5 Å². The van der Waals surface area contributed by atoms with Crippen LogP contribution in [-0.2, 0) is 4.74 Å². The maximum absolute atomic E-state index is 9.68. The molecule has 0 unspecified atom stereocenters. The van der Waals surface area contributed by atoms with Crippen LogP contribution in [0.3, 0.4) is 0 Å². The Balaban J connectivity index is 2.56. The number of aliphatic hydroxyl groups excluding tert-OH is 1. The van der Waals surface area contributed by atoms with Gasteiger partial charge in [0.15, 0.2) is 0 Å². The van der Waals surface area contributed by atoms with Gasteiger partial charge in [-0.2, -0.15) is 0 Å². The monoisotopic (exact) mass is 172 g/mol. The van der Waals surface area contributed by atoms with Gasteiger partial charge in [0.1, 0.15) is 0 Å². The molecule has 1 aliphatic rings. The van der Waals surface area contributed by atoms with E-state index in [9.17, 15) is 5.11 Å². The summed E-state index contributed by atoms with van der Waals surface area (Å²) < 4.78 is 5.59. The summed E-state index contributed by atoms with van der Waals surface area (Å²) in [7, 11) is 0. The molecule has 1 N–H and O–H groups in total. The van der Waals surface area contributed by atoms with Gasteiger partial charge in [0.05, 0.1) is 12.2 Å². The summed E-state index contributed by atoms with van der Waals surface area (Å²) in [6, 6.07) is 0. The standard InChI is InChI=1S/C10H20O2/c1-4-10(5-2)8(11)7-9(10)12-6-3/h8-9,11H,4-7H2,1-3H3/t8-,9-/m0/s1. The minimum atomic E-state index is -0.135. The molecule has 0 amide bonds. The van der Waals surface area contributed by atoms with Gasteiger partial charge in [-0.05, 0) is 19.8 Å². The van der Waals surface area contributed by atoms with Crippen molar-refractivity contribution in [1.29, 1.82) is 0 Å². The van der Waals surface area contributed by atoms with Gasteiger partial charge < -0.3 is 9.84 Å². The lowest BCUT2D eigenvalue weighted by Gasteiger charge is -2.52. The van der Waals surface area contributed by atoms with Crippen LogP contribution in [0.5, 0.6) is 0 Å². The summed E-state index contributed by atoms with van der Waals surface area (Å²) >= 11 is 0. The molecule has 0 aliphatic heterocycles. The topological polar surface area (TPSA) is 29.5 Å². The first-order valence-electron chi connectivity index (χ1n) is 5.00. The van der Waals surface area contributed by atoms with E-state index in [1.54, 1.807) is 0 Å². The highest BCUT2D eigenvalue weighted by atomic mass is 16.5. The number of hydrogen-bond acceptors (Lipinski definition) is 2. The van der Waals surface area contributed by atoms with E-state index in [1.807, 2.05) is 6.92 Å². The molecule has 0 spiro atoms. The van der Waals surface area contributed by atoms with Gasteiger partial charge in [-0.1, -0.05) is 13.8 Å². The molecule has 72 valence electrons. The van der Waals surface area contributed by atoms with Crippen molar-refractivity contribution in [3.05, 3.63) is 0 Å². The first-order valence-corrected chi connectivity index (χ1v) is 5.00. The lowest BCUT2D eigenvalue weighted by atomic mass is 9.60. The maximum Gasteiger partial charge on any atom is 0.0680 e. The Hall–Kier alpha value is -0.0800. The van der Waals surface area contributed by atoms with Gasteiger partial charge in [0.2, 0.25) is 0 Å². The Morgan fingerprint density at radius 2 is 1.92 bits per heavy atom. The van der Waals surface area contributed by atoms with E-state index in [0.29, 0.717) is 6.10 Å². The largest absolute Gasteiger partial charge is 0.392 e. The highest BCUT2D eigenvalue weighted by molar-refractivity contribution is 5.02. The minimum Gasteiger partial charge on any atom is -0.392 e. The molecule has 0 radical (unpaired) electrons. The summed E-state index contributed by atoms with van der Waals surface area (Å²) in [6.45, 7) is 7.05. The molecular weight excluding hydrogens is 152 g/mol. The molecule has 1 rings (SSSR count). The van der Waals surface area contributed by atoms with Crippen molar-refractivity contribution in [1.82, 2.24) is 0 Å². The average Bonchev–Trinajstić information content (AvgIpc) is 2.07. The fourth-order valence-corrected chi connectivity index (χ4v) is 2.34. The lowest BCUT2D eigenvalue weighted by molar-refractivity contribution is -0.194. The van der Waals surface area contributed by atoms with Gasteiger partial charge in [-0.3, -0.25) is 0 Å². The molecule has 1 saturated carbocycles. The van der Waals surface area contributed by atoms with Gasteiger partial charge in [-0.15, -0.1) is 0 Å². The fraction of sp³-hybridized carbons (Fsp3) is 1.00. The van der Waals surface area contributed by atoms with Crippen LogP contribution < -0.4 is 0 Å². The molecule has 2 heteroatoms. The van der Waals surface area contributed by atoms with Crippen molar-refractivity contribution >= 4 is 0 Å². The predicted molar refractivity (Wildman–Crippen MR) is 49.1 cm³/mol. The van der Waals surface area contributed by atoms with E-state index in [0.717, 1.165) is 25.9 Å². The molecule has 0 aromatic heterocycles. The first-order chi connectivity index (χ1) is 5.71. The van der Waals surface area contributed by atoms with Crippen LogP contribution in [0, 0.1) is 5.41 Å². The summed E-state index contributed by atoms with van der Waals surface area (Å²) in [5.74, 6) is 0. The van der Waals surface area contributed by atoms with Crippen LogP contribution in [0.4, 0.5) is 0 Å². The van der Waals surface area contributed by atoms with E-state index >= 15 is 0 Å². The predicted octanol–water partition coefficient (Wildman–Crippen LogP) is 1.96. The molecule has 0 saturated heterocycles. The highest BCUT2D eigenvalue weighted by Crippen LogP contribution is 2.48. The normalized spacial score (nSPS) is 33.0. The van der Waals surface area contributed by atoms with Crippen LogP contribution in [0.1, 0.15) is 40.0 Å². The van der Waals surface area contributed by atoms with Gasteiger partial charge in [0.25, 0.3) is 0 Å². The smallest absolute Gasteiger partial charge is 0.0680 e. The molecule has 2 atom stereocenters. The SMILES string of the molecule is CCO[C@H]1C[C@H](O)C1(CC)CC. The van der Waals surface area contributed by atoms with Gasteiger partial charge in [-0.25, -0.2) is 0 Å². The Bertz CT molecular complexity index is 139. The van der Waals surface area contributed by atoms with Crippen molar-refractivity contribution in [3.8, 4) is 0 Å². The van der Waals surface area contributed by atoms with E-state index in [2.05, 4.69) is 13.8 Å². The number of aliphatic hydroxyl groups is 1. The Labute approximate surface area is 74.9 Å². The van der Waals surface area contributed by atoms with Crippen LogP contribution in [0.25, 0.3) is 0 Å². The van der Waals surface area contributed by atoms with Crippen molar-refractivity contribution in [2.24, 2.45) is 5.41 Å². The van der Waals surface area contributed by atoms with Gasteiger partial charge in [0, 0.05) is 18.4 Å². The zero-order valence-electron chi connectivity index (χ0n) is 8.34. The van der Waals surface area contributed by atoms with Crippen molar-refractivity contribution in [2.75, 3.05) is 6.61 Å². The molecule has 0 aromatic rings.